The Morgan fingerprint density at radius 3 is 2.74 bits per heavy atom. The van der Waals surface area contributed by atoms with Crippen LogP contribution in [-0.4, -0.2) is 55.5 Å². The lowest BCUT2D eigenvalue weighted by molar-refractivity contribution is -0.133. The molecule has 27 heavy (non-hydrogen) atoms. The molecule has 152 valence electrons. The van der Waals surface area contributed by atoms with Gasteiger partial charge in [0.05, 0.1) is 12.2 Å². The predicted octanol–water partition coefficient (Wildman–Crippen LogP) is 2.62. The fraction of sp³-hybridized carbons (Fsp3) is 0.600. The number of amides is 2. The number of benzene rings is 1. The van der Waals surface area contributed by atoms with Gasteiger partial charge in [0.15, 0.2) is 0 Å². The number of carbonyl (C=O) groups is 2. The Kier molecular flexibility index (Phi) is 10.8. The summed E-state index contributed by atoms with van der Waals surface area (Å²) in [6.45, 7) is 7.65. The Morgan fingerprint density at radius 2 is 2.07 bits per heavy atom. The van der Waals surface area contributed by atoms with Crippen LogP contribution < -0.4 is 15.4 Å². The molecule has 1 heterocycles. The van der Waals surface area contributed by atoms with Crippen LogP contribution in [0.15, 0.2) is 24.3 Å². The molecule has 0 bridgehead atoms. The first-order valence-corrected chi connectivity index (χ1v) is 9.67. The highest BCUT2D eigenvalue weighted by Gasteiger charge is 2.25. The van der Waals surface area contributed by atoms with Crippen LogP contribution >= 0.6 is 12.4 Å². The molecule has 6 nitrogen and oxygen atoms in total. The van der Waals surface area contributed by atoms with E-state index in [1.165, 1.54) is 0 Å². The van der Waals surface area contributed by atoms with Crippen LogP contribution in [0.1, 0.15) is 49.9 Å². The fourth-order valence-corrected chi connectivity index (χ4v) is 3.27. The van der Waals surface area contributed by atoms with Crippen LogP contribution in [0.4, 0.5) is 0 Å². The van der Waals surface area contributed by atoms with E-state index in [2.05, 4.69) is 17.6 Å². The first-order chi connectivity index (χ1) is 12.7. The summed E-state index contributed by atoms with van der Waals surface area (Å²) in [6, 6.07) is 7.52. The van der Waals surface area contributed by atoms with Crippen LogP contribution in [0.2, 0.25) is 0 Å². The van der Waals surface area contributed by atoms with Gasteiger partial charge in [0.1, 0.15) is 5.75 Å². The molecule has 0 radical (unpaired) electrons. The van der Waals surface area contributed by atoms with Gasteiger partial charge in [-0.05, 0) is 44.9 Å². The Labute approximate surface area is 168 Å². The van der Waals surface area contributed by atoms with Crippen molar-refractivity contribution in [3.63, 3.8) is 0 Å². The van der Waals surface area contributed by atoms with Gasteiger partial charge in [0.25, 0.3) is 5.91 Å². The molecule has 0 aliphatic carbocycles. The average Bonchev–Trinajstić information content (AvgIpc) is 3.18. The van der Waals surface area contributed by atoms with Crippen molar-refractivity contribution < 1.29 is 14.3 Å². The quantitative estimate of drug-likeness (QED) is 0.595. The molecule has 1 aromatic rings. The van der Waals surface area contributed by atoms with Gasteiger partial charge in [-0.2, -0.15) is 0 Å². The summed E-state index contributed by atoms with van der Waals surface area (Å²) in [7, 11) is 0. The van der Waals surface area contributed by atoms with E-state index in [4.69, 9.17) is 4.74 Å². The van der Waals surface area contributed by atoms with E-state index in [0.717, 1.165) is 32.5 Å². The number of hydrogen-bond acceptors (Lipinski definition) is 4. The van der Waals surface area contributed by atoms with Crippen molar-refractivity contribution in [1.29, 1.82) is 0 Å². The highest BCUT2D eigenvalue weighted by atomic mass is 35.5. The molecule has 0 spiro atoms. The fourth-order valence-electron chi connectivity index (χ4n) is 3.27. The number of ether oxygens (including phenoxy) is 1. The minimum Gasteiger partial charge on any atom is -0.493 e. The lowest BCUT2D eigenvalue weighted by Gasteiger charge is -2.28. The Bertz CT molecular complexity index is 592. The maximum atomic E-state index is 12.5. The molecule has 0 saturated carbocycles. The van der Waals surface area contributed by atoms with Crippen molar-refractivity contribution in [1.82, 2.24) is 15.5 Å². The van der Waals surface area contributed by atoms with Crippen molar-refractivity contribution in [2.24, 2.45) is 0 Å². The van der Waals surface area contributed by atoms with Gasteiger partial charge < -0.3 is 20.3 Å². The number of hydrogen-bond donors (Lipinski definition) is 2. The van der Waals surface area contributed by atoms with Crippen LogP contribution in [0.3, 0.4) is 0 Å². The van der Waals surface area contributed by atoms with E-state index in [9.17, 15) is 9.59 Å². The zero-order chi connectivity index (χ0) is 18.8. The molecular weight excluding hydrogens is 366 g/mol. The van der Waals surface area contributed by atoms with Gasteiger partial charge in [0, 0.05) is 32.1 Å². The van der Waals surface area contributed by atoms with E-state index in [1.54, 1.807) is 12.1 Å². The topological polar surface area (TPSA) is 70.7 Å². The monoisotopic (exact) mass is 397 g/mol. The smallest absolute Gasteiger partial charge is 0.255 e. The normalized spacial score (nSPS) is 15.7. The average molecular weight is 398 g/mol. The SMILES string of the molecule is CCCN(C(=O)CCCNC(=O)c1ccccc1OCC)C1CCNC1.Cl. The second kappa shape index (κ2) is 12.6. The van der Waals surface area contributed by atoms with Crippen molar-refractivity contribution in [3.05, 3.63) is 29.8 Å². The van der Waals surface area contributed by atoms with Crippen LogP contribution in [0, 0.1) is 0 Å². The molecule has 0 aromatic heterocycles. The molecule has 1 aliphatic heterocycles. The third kappa shape index (κ3) is 7.03. The van der Waals surface area contributed by atoms with E-state index in [1.807, 2.05) is 24.0 Å². The Hall–Kier alpha value is -1.79. The highest BCUT2D eigenvalue weighted by molar-refractivity contribution is 5.96. The van der Waals surface area contributed by atoms with Gasteiger partial charge in [-0.15, -0.1) is 12.4 Å². The maximum absolute atomic E-state index is 12.5. The number of halogens is 1. The molecule has 2 rings (SSSR count). The largest absolute Gasteiger partial charge is 0.493 e. The van der Waals surface area contributed by atoms with Crippen LogP contribution in [-0.2, 0) is 4.79 Å². The summed E-state index contributed by atoms with van der Waals surface area (Å²) in [5.41, 5.74) is 0.533. The van der Waals surface area contributed by atoms with E-state index in [0.29, 0.717) is 43.3 Å². The molecule has 1 aromatic carbocycles. The third-order valence-electron chi connectivity index (χ3n) is 4.54. The molecule has 7 heteroatoms. The third-order valence-corrected chi connectivity index (χ3v) is 4.54. The molecule has 1 aliphatic rings. The molecule has 2 N–H and O–H groups in total. The van der Waals surface area contributed by atoms with Gasteiger partial charge >= 0.3 is 0 Å². The Morgan fingerprint density at radius 1 is 1.30 bits per heavy atom. The number of carbonyl (C=O) groups excluding carboxylic acids is 2. The molecular formula is C20H32ClN3O3. The number of nitrogens with one attached hydrogen (secondary N) is 2. The van der Waals surface area contributed by atoms with Gasteiger partial charge in [0.2, 0.25) is 5.91 Å². The van der Waals surface area contributed by atoms with E-state index < -0.39 is 0 Å². The summed E-state index contributed by atoms with van der Waals surface area (Å²) in [4.78, 5) is 26.9. The lowest BCUT2D eigenvalue weighted by Crippen LogP contribution is -2.42. The van der Waals surface area contributed by atoms with Crippen LogP contribution in [0.5, 0.6) is 5.75 Å². The standard InChI is InChI=1S/C20H31N3O3.ClH/c1-3-14-23(16-11-13-21-15-16)19(24)10-7-12-22-20(25)17-8-5-6-9-18(17)26-4-2;/h5-6,8-9,16,21H,3-4,7,10-15H2,1-2H3,(H,22,25);1H. The maximum Gasteiger partial charge on any atom is 0.255 e. The minimum atomic E-state index is -0.160. The molecule has 1 unspecified atom stereocenters. The first-order valence-electron chi connectivity index (χ1n) is 9.67. The number of rotatable bonds is 10. The van der Waals surface area contributed by atoms with Gasteiger partial charge in [-0.25, -0.2) is 0 Å². The van der Waals surface area contributed by atoms with Gasteiger partial charge in [-0.3, -0.25) is 9.59 Å². The second-order valence-corrected chi connectivity index (χ2v) is 6.52. The highest BCUT2D eigenvalue weighted by Crippen LogP contribution is 2.17. The lowest BCUT2D eigenvalue weighted by atomic mass is 10.1. The molecule has 2 amide bonds. The Balaban J connectivity index is 0.00000364. The number of nitrogens with zero attached hydrogens (tertiary/aromatic N) is 1. The first kappa shape index (κ1) is 23.2. The van der Waals surface area contributed by atoms with Crippen molar-refractivity contribution in [3.8, 4) is 5.75 Å². The van der Waals surface area contributed by atoms with Crippen molar-refractivity contribution in [2.75, 3.05) is 32.8 Å². The van der Waals surface area contributed by atoms with Gasteiger partial charge in [-0.1, -0.05) is 19.1 Å². The molecule has 1 saturated heterocycles. The minimum absolute atomic E-state index is 0. The zero-order valence-corrected chi connectivity index (χ0v) is 17.1. The predicted molar refractivity (Wildman–Crippen MR) is 110 cm³/mol. The van der Waals surface area contributed by atoms with Crippen LogP contribution in [0.25, 0.3) is 0 Å². The molecule has 1 atom stereocenters. The number of para-hydroxylation sites is 1. The molecule has 1 fully saturated rings. The van der Waals surface area contributed by atoms with Crippen molar-refractivity contribution >= 4 is 24.2 Å². The van der Waals surface area contributed by atoms with E-state index in [-0.39, 0.29) is 24.2 Å². The zero-order valence-electron chi connectivity index (χ0n) is 16.3. The summed E-state index contributed by atoms with van der Waals surface area (Å²) >= 11 is 0. The summed E-state index contributed by atoms with van der Waals surface area (Å²) in [5, 5.41) is 6.21. The summed E-state index contributed by atoms with van der Waals surface area (Å²) < 4.78 is 5.49. The summed E-state index contributed by atoms with van der Waals surface area (Å²) in [5.74, 6) is 0.614. The second-order valence-electron chi connectivity index (χ2n) is 6.52. The van der Waals surface area contributed by atoms with E-state index >= 15 is 0 Å². The summed E-state index contributed by atoms with van der Waals surface area (Å²) in [6.07, 6.45) is 3.09. The van der Waals surface area contributed by atoms with Crippen molar-refractivity contribution in [2.45, 2.75) is 45.6 Å².